The number of thiazole rings is 1. The number of ether oxygens (including phenoxy) is 1. The van der Waals surface area contributed by atoms with Gasteiger partial charge in [-0.15, -0.1) is 11.3 Å². The highest BCUT2D eigenvalue weighted by Crippen LogP contribution is 2.31. The minimum atomic E-state index is -4.35. The van der Waals surface area contributed by atoms with E-state index >= 15 is 0 Å². The van der Waals surface area contributed by atoms with Crippen LogP contribution < -0.4 is 5.32 Å². The Labute approximate surface area is 160 Å². The Kier molecular flexibility index (Phi) is 7.76. The zero-order chi connectivity index (χ0) is 19.9. The van der Waals surface area contributed by atoms with Crippen molar-refractivity contribution in [3.8, 4) is 10.6 Å². The maximum atomic E-state index is 12.6. The van der Waals surface area contributed by atoms with Crippen LogP contribution in [-0.4, -0.2) is 49.6 Å². The highest BCUT2D eigenvalue weighted by Gasteiger charge is 2.30. The molecule has 0 aliphatic heterocycles. The fourth-order valence-corrected chi connectivity index (χ4v) is 3.21. The van der Waals surface area contributed by atoms with Gasteiger partial charge in [-0.1, -0.05) is 12.1 Å². The lowest BCUT2D eigenvalue weighted by atomic mass is 10.1. The van der Waals surface area contributed by atoms with E-state index in [0.29, 0.717) is 30.3 Å². The molecule has 0 saturated carbocycles. The number of alkyl halides is 3. The van der Waals surface area contributed by atoms with E-state index in [1.807, 2.05) is 17.3 Å². The van der Waals surface area contributed by atoms with E-state index < -0.39 is 11.7 Å². The molecular formula is C18H22F3N3O2S. The van der Waals surface area contributed by atoms with Crippen molar-refractivity contribution in [1.29, 1.82) is 0 Å². The Morgan fingerprint density at radius 2 is 2.00 bits per heavy atom. The van der Waals surface area contributed by atoms with Gasteiger partial charge in [0, 0.05) is 37.7 Å². The van der Waals surface area contributed by atoms with Crippen molar-refractivity contribution in [2.75, 3.05) is 33.9 Å². The summed E-state index contributed by atoms with van der Waals surface area (Å²) in [4.78, 5) is 18.1. The monoisotopic (exact) mass is 401 g/mol. The van der Waals surface area contributed by atoms with Gasteiger partial charge in [0.15, 0.2) is 0 Å². The second kappa shape index (κ2) is 9.82. The first kappa shape index (κ1) is 21.3. The standard InChI is InChI=1S/C18H22F3N3O2S/c1-24(11-16(25)22-8-3-9-26-2)10-15-12-27-17(23-15)13-4-6-14(7-5-13)18(19,20)21/h4-7,12H,3,8-11H2,1-2H3,(H,22,25). The molecule has 0 spiro atoms. The van der Waals surface area contributed by atoms with Gasteiger partial charge in [0.1, 0.15) is 5.01 Å². The van der Waals surface area contributed by atoms with Crippen LogP contribution in [0.15, 0.2) is 29.6 Å². The zero-order valence-electron chi connectivity index (χ0n) is 15.2. The summed E-state index contributed by atoms with van der Waals surface area (Å²) in [6.45, 7) is 1.87. The lowest BCUT2D eigenvalue weighted by Crippen LogP contribution is -2.35. The molecular weight excluding hydrogens is 379 g/mol. The molecule has 0 radical (unpaired) electrons. The number of aromatic nitrogens is 1. The average Bonchev–Trinajstić information content (AvgIpc) is 3.06. The van der Waals surface area contributed by atoms with Crippen molar-refractivity contribution >= 4 is 17.2 Å². The fourth-order valence-electron chi connectivity index (χ4n) is 2.39. The number of hydrogen-bond donors (Lipinski definition) is 1. The number of likely N-dealkylation sites (N-methyl/N-ethyl adjacent to an activating group) is 1. The van der Waals surface area contributed by atoms with Gasteiger partial charge in [0.25, 0.3) is 0 Å². The van der Waals surface area contributed by atoms with Gasteiger partial charge in [-0.25, -0.2) is 4.98 Å². The summed E-state index contributed by atoms with van der Waals surface area (Å²) < 4.78 is 42.8. The van der Waals surface area contributed by atoms with Gasteiger partial charge < -0.3 is 10.1 Å². The Morgan fingerprint density at radius 3 is 2.63 bits per heavy atom. The van der Waals surface area contributed by atoms with Crippen LogP contribution in [0.25, 0.3) is 10.6 Å². The quantitative estimate of drug-likeness (QED) is 0.655. The first-order valence-electron chi connectivity index (χ1n) is 8.36. The number of carbonyl (C=O) groups excluding carboxylic acids is 1. The minimum absolute atomic E-state index is 0.0770. The molecule has 9 heteroatoms. The molecule has 148 valence electrons. The van der Waals surface area contributed by atoms with Crippen molar-refractivity contribution < 1.29 is 22.7 Å². The number of hydrogen-bond acceptors (Lipinski definition) is 5. The molecule has 1 N–H and O–H groups in total. The van der Waals surface area contributed by atoms with Gasteiger partial charge in [-0.05, 0) is 25.6 Å². The van der Waals surface area contributed by atoms with Crippen LogP contribution in [0.1, 0.15) is 17.7 Å². The third-order valence-corrected chi connectivity index (χ3v) is 4.64. The van der Waals surface area contributed by atoms with Crippen LogP contribution in [-0.2, 0) is 22.3 Å². The van der Waals surface area contributed by atoms with Gasteiger partial charge in [0.2, 0.25) is 5.91 Å². The van der Waals surface area contributed by atoms with Gasteiger partial charge >= 0.3 is 6.18 Å². The third-order valence-electron chi connectivity index (χ3n) is 3.70. The zero-order valence-corrected chi connectivity index (χ0v) is 16.0. The predicted molar refractivity (Wildman–Crippen MR) is 98.4 cm³/mol. The number of nitrogens with zero attached hydrogens (tertiary/aromatic N) is 2. The molecule has 0 aliphatic rings. The van der Waals surface area contributed by atoms with E-state index in [4.69, 9.17) is 4.74 Å². The second-order valence-corrected chi connectivity index (χ2v) is 6.95. The maximum absolute atomic E-state index is 12.6. The largest absolute Gasteiger partial charge is 0.416 e. The fraction of sp³-hybridized carbons (Fsp3) is 0.444. The van der Waals surface area contributed by atoms with E-state index in [-0.39, 0.29) is 12.5 Å². The Balaban J connectivity index is 1.87. The van der Waals surface area contributed by atoms with Crippen molar-refractivity contribution in [3.63, 3.8) is 0 Å². The minimum Gasteiger partial charge on any atom is -0.385 e. The van der Waals surface area contributed by atoms with Crippen molar-refractivity contribution in [3.05, 3.63) is 40.9 Å². The summed E-state index contributed by atoms with van der Waals surface area (Å²) in [5, 5.41) is 5.31. The molecule has 0 atom stereocenters. The van der Waals surface area contributed by atoms with Gasteiger partial charge in [-0.2, -0.15) is 13.2 Å². The molecule has 1 aromatic heterocycles. The van der Waals surface area contributed by atoms with Gasteiger partial charge in [-0.3, -0.25) is 9.69 Å². The average molecular weight is 401 g/mol. The number of halogens is 3. The van der Waals surface area contributed by atoms with Crippen LogP contribution in [0, 0.1) is 0 Å². The third kappa shape index (κ3) is 6.93. The lowest BCUT2D eigenvalue weighted by Gasteiger charge is -2.14. The summed E-state index contributed by atoms with van der Waals surface area (Å²) in [5.41, 5.74) is 0.724. The van der Waals surface area contributed by atoms with Crippen LogP contribution in [0.5, 0.6) is 0 Å². The summed E-state index contributed by atoms with van der Waals surface area (Å²) in [6, 6.07) is 4.94. The maximum Gasteiger partial charge on any atom is 0.416 e. The molecule has 0 aliphatic carbocycles. The number of methoxy groups -OCH3 is 1. The van der Waals surface area contributed by atoms with E-state index in [1.54, 1.807) is 7.11 Å². The number of amides is 1. The smallest absolute Gasteiger partial charge is 0.385 e. The van der Waals surface area contributed by atoms with E-state index in [2.05, 4.69) is 10.3 Å². The molecule has 0 unspecified atom stereocenters. The SMILES string of the molecule is COCCCNC(=O)CN(C)Cc1csc(-c2ccc(C(F)(F)F)cc2)n1. The number of rotatable bonds is 9. The van der Waals surface area contributed by atoms with Crippen molar-refractivity contribution in [2.45, 2.75) is 19.1 Å². The topological polar surface area (TPSA) is 54.5 Å². The van der Waals surface area contributed by atoms with Crippen LogP contribution >= 0.6 is 11.3 Å². The Bertz CT molecular complexity index is 732. The summed E-state index contributed by atoms with van der Waals surface area (Å²) in [5.74, 6) is -0.0770. The molecule has 1 amide bonds. The Hall–Kier alpha value is -1.97. The molecule has 0 bridgehead atoms. The van der Waals surface area contributed by atoms with Gasteiger partial charge in [0.05, 0.1) is 17.8 Å². The first-order chi connectivity index (χ1) is 12.8. The Morgan fingerprint density at radius 1 is 1.30 bits per heavy atom. The van der Waals surface area contributed by atoms with E-state index in [1.165, 1.54) is 23.5 Å². The molecule has 1 heterocycles. The molecule has 1 aromatic carbocycles. The lowest BCUT2D eigenvalue weighted by molar-refractivity contribution is -0.137. The van der Waals surface area contributed by atoms with Crippen LogP contribution in [0.2, 0.25) is 0 Å². The van der Waals surface area contributed by atoms with Crippen molar-refractivity contribution in [2.24, 2.45) is 0 Å². The van der Waals surface area contributed by atoms with Crippen molar-refractivity contribution in [1.82, 2.24) is 15.2 Å². The number of carbonyl (C=O) groups is 1. The molecule has 27 heavy (non-hydrogen) atoms. The number of nitrogens with one attached hydrogen (secondary N) is 1. The van der Waals surface area contributed by atoms with E-state index in [0.717, 1.165) is 24.2 Å². The summed E-state index contributed by atoms with van der Waals surface area (Å²) in [7, 11) is 3.42. The molecule has 0 fully saturated rings. The molecule has 0 saturated heterocycles. The van der Waals surface area contributed by atoms with E-state index in [9.17, 15) is 18.0 Å². The number of benzene rings is 1. The molecule has 2 rings (SSSR count). The second-order valence-electron chi connectivity index (χ2n) is 6.09. The van der Waals surface area contributed by atoms with Crippen LogP contribution in [0.4, 0.5) is 13.2 Å². The molecule has 5 nitrogen and oxygen atoms in total. The summed E-state index contributed by atoms with van der Waals surface area (Å²) in [6.07, 6.45) is -3.59. The highest BCUT2D eigenvalue weighted by molar-refractivity contribution is 7.13. The first-order valence-corrected chi connectivity index (χ1v) is 9.24. The summed E-state index contributed by atoms with van der Waals surface area (Å²) >= 11 is 1.36. The van der Waals surface area contributed by atoms with Crippen LogP contribution in [0.3, 0.4) is 0 Å². The molecule has 2 aromatic rings. The highest BCUT2D eigenvalue weighted by atomic mass is 32.1. The predicted octanol–water partition coefficient (Wildman–Crippen LogP) is 3.41. The normalized spacial score (nSPS) is 11.8.